The first-order valence-corrected chi connectivity index (χ1v) is 10.4. The second-order valence-electron chi connectivity index (χ2n) is 7.51. The van der Waals surface area contributed by atoms with E-state index in [0.29, 0.717) is 13.0 Å². The number of rotatable bonds is 6. The highest BCUT2D eigenvalue weighted by Crippen LogP contribution is 2.20. The maximum atomic E-state index is 13.2. The molecule has 1 aliphatic rings. The lowest BCUT2D eigenvalue weighted by molar-refractivity contribution is -0.136. The van der Waals surface area contributed by atoms with Crippen LogP contribution in [-0.2, 0) is 16.0 Å². The predicted octanol–water partition coefficient (Wildman–Crippen LogP) is 4.03. The molecule has 0 aliphatic carbocycles. The van der Waals surface area contributed by atoms with Gasteiger partial charge in [0.2, 0.25) is 0 Å². The Kier molecular flexibility index (Phi) is 7.76. The minimum absolute atomic E-state index is 0.0264. The maximum absolute atomic E-state index is 13.2. The molecule has 2 N–H and O–H groups in total. The molecule has 0 atom stereocenters. The lowest BCUT2D eigenvalue weighted by Gasteiger charge is -2.22. The summed E-state index contributed by atoms with van der Waals surface area (Å²) in [4.78, 5) is 26.1. The van der Waals surface area contributed by atoms with Crippen molar-refractivity contribution in [1.82, 2.24) is 5.32 Å². The van der Waals surface area contributed by atoms with Gasteiger partial charge in [-0.3, -0.25) is 9.59 Å². The Morgan fingerprint density at radius 3 is 2.23 bits per heavy atom. The van der Waals surface area contributed by atoms with Crippen molar-refractivity contribution in [2.24, 2.45) is 0 Å². The third-order valence-corrected chi connectivity index (χ3v) is 5.22. The van der Waals surface area contributed by atoms with Gasteiger partial charge in [0.05, 0.1) is 0 Å². The number of carbonyl (C=O) groups excluding carboxylic acids is 2. The fourth-order valence-corrected chi connectivity index (χ4v) is 3.54. The number of halogens is 2. The molecule has 0 radical (unpaired) electrons. The molecule has 2 aromatic rings. The van der Waals surface area contributed by atoms with Crippen molar-refractivity contribution in [1.29, 1.82) is 0 Å². The molecule has 0 saturated carbocycles. The van der Waals surface area contributed by atoms with Crippen LogP contribution in [0.1, 0.15) is 37.7 Å². The molecular weight excluding hydrogens is 388 g/mol. The van der Waals surface area contributed by atoms with Crippen molar-refractivity contribution in [3.8, 4) is 0 Å². The van der Waals surface area contributed by atoms with E-state index < -0.39 is 23.4 Å². The molecule has 1 saturated heterocycles. The van der Waals surface area contributed by atoms with Gasteiger partial charge in [0.25, 0.3) is 0 Å². The van der Waals surface area contributed by atoms with Crippen LogP contribution in [0, 0.1) is 11.6 Å². The highest BCUT2D eigenvalue weighted by molar-refractivity contribution is 6.39. The van der Waals surface area contributed by atoms with Gasteiger partial charge in [-0.1, -0.05) is 25.0 Å². The SMILES string of the molecule is O=C(NCCCc1ccc(N2CCCCCC2)cc1)C(=O)Nc1ccc(F)c(F)c1. The lowest BCUT2D eigenvalue weighted by Crippen LogP contribution is -2.36. The molecule has 30 heavy (non-hydrogen) atoms. The Balaban J connectivity index is 1.39. The van der Waals surface area contributed by atoms with Gasteiger partial charge in [-0.05, 0) is 55.5 Å². The van der Waals surface area contributed by atoms with Gasteiger partial charge in [0.1, 0.15) is 0 Å². The number of carbonyl (C=O) groups is 2. The molecule has 7 heteroatoms. The van der Waals surface area contributed by atoms with Crippen molar-refractivity contribution in [2.75, 3.05) is 29.9 Å². The second kappa shape index (κ2) is 10.7. The molecule has 2 aromatic carbocycles. The van der Waals surface area contributed by atoms with E-state index >= 15 is 0 Å². The third kappa shape index (κ3) is 6.27. The molecule has 0 spiro atoms. The Bertz CT molecular complexity index is 863. The summed E-state index contributed by atoms with van der Waals surface area (Å²) in [5.41, 5.74) is 2.45. The minimum Gasteiger partial charge on any atom is -0.372 e. The summed E-state index contributed by atoms with van der Waals surface area (Å²) in [5, 5.41) is 4.79. The first-order valence-electron chi connectivity index (χ1n) is 10.4. The van der Waals surface area contributed by atoms with Crippen LogP contribution >= 0.6 is 0 Å². The third-order valence-electron chi connectivity index (χ3n) is 5.22. The molecule has 1 aliphatic heterocycles. The summed E-state index contributed by atoms with van der Waals surface area (Å²) in [6.07, 6.45) is 6.56. The number of hydrogen-bond acceptors (Lipinski definition) is 3. The number of nitrogens with one attached hydrogen (secondary N) is 2. The van der Waals surface area contributed by atoms with Gasteiger partial charge < -0.3 is 15.5 Å². The summed E-state index contributed by atoms with van der Waals surface area (Å²) >= 11 is 0. The number of aryl methyl sites for hydroxylation is 1. The maximum Gasteiger partial charge on any atom is 0.313 e. The fraction of sp³-hybridized carbons (Fsp3) is 0.391. The summed E-state index contributed by atoms with van der Waals surface area (Å²) in [6.45, 7) is 2.56. The van der Waals surface area contributed by atoms with Crippen LogP contribution < -0.4 is 15.5 Å². The average molecular weight is 415 g/mol. The molecule has 0 unspecified atom stereocenters. The van der Waals surface area contributed by atoms with E-state index in [0.717, 1.165) is 31.6 Å². The number of benzene rings is 2. The molecule has 0 bridgehead atoms. The molecule has 5 nitrogen and oxygen atoms in total. The number of anilines is 2. The summed E-state index contributed by atoms with van der Waals surface area (Å²) < 4.78 is 26.1. The fourth-order valence-electron chi connectivity index (χ4n) is 3.54. The predicted molar refractivity (Wildman–Crippen MR) is 113 cm³/mol. The topological polar surface area (TPSA) is 61.4 Å². The lowest BCUT2D eigenvalue weighted by atomic mass is 10.1. The van der Waals surface area contributed by atoms with Gasteiger partial charge in [0, 0.05) is 37.1 Å². The number of amides is 2. The van der Waals surface area contributed by atoms with Crippen LogP contribution in [0.25, 0.3) is 0 Å². The van der Waals surface area contributed by atoms with Crippen molar-refractivity contribution in [3.63, 3.8) is 0 Å². The molecule has 3 rings (SSSR count). The number of nitrogens with zero attached hydrogens (tertiary/aromatic N) is 1. The van der Waals surface area contributed by atoms with Crippen molar-refractivity contribution in [2.45, 2.75) is 38.5 Å². The van der Waals surface area contributed by atoms with E-state index in [1.807, 2.05) is 0 Å². The van der Waals surface area contributed by atoms with Gasteiger partial charge in [-0.15, -0.1) is 0 Å². The van der Waals surface area contributed by atoms with Crippen LogP contribution in [0.2, 0.25) is 0 Å². The standard InChI is InChI=1S/C23H27F2N3O2/c24-20-12-9-18(16-21(20)25)27-23(30)22(29)26-13-5-6-17-7-10-19(11-8-17)28-14-3-1-2-4-15-28/h7-12,16H,1-6,13-15H2,(H,26,29)(H,27,30). The van der Waals surface area contributed by atoms with Gasteiger partial charge in [-0.2, -0.15) is 0 Å². The van der Waals surface area contributed by atoms with Crippen LogP contribution in [0.15, 0.2) is 42.5 Å². The van der Waals surface area contributed by atoms with Crippen molar-refractivity contribution < 1.29 is 18.4 Å². The summed E-state index contributed by atoms with van der Waals surface area (Å²) in [5.74, 6) is -3.83. The normalized spacial score (nSPS) is 14.1. The summed E-state index contributed by atoms with van der Waals surface area (Å²) in [7, 11) is 0. The van der Waals surface area contributed by atoms with E-state index in [1.165, 1.54) is 43.0 Å². The van der Waals surface area contributed by atoms with E-state index in [4.69, 9.17) is 0 Å². The molecular formula is C23H27F2N3O2. The molecule has 160 valence electrons. The average Bonchev–Trinajstić information content (AvgIpc) is 3.04. The van der Waals surface area contributed by atoms with E-state index in [9.17, 15) is 18.4 Å². The Labute approximate surface area is 175 Å². The molecule has 1 fully saturated rings. The zero-order chi connectivity index (χ0) is 21.3. The largest absolute Gasteiger partial charge is 0.372 e. The Morgan fingerprint density at radius 2 is 1.57 bits per heavy atom. The molecule has 1 heterocycles. The monoisotopic (exact) mass is 415 g/mol. The molecule has 0 aromatic heterocycles. The zero-order valence-electron chi connectivity index (χ0n) is 16.9. The van der Waals surface area contributed by atoms with Gasteiger partial charge in [0.15, 0.2) is 11.6 Å². The van der Waals surface area contributed by atoms with Gasteiger partial charge in [-0.25, -0.2) is 8.78 Å². The number of hydrogen-bond donors (Lipinski definition) is 2. The van der Waals surface area contributed by atoms with Crippen LogP contribution in [-0.4, -0.2) is 31.4 Å². The highest BCUT2D eigenvalue weighted by Gasteiger charge is 2.14. The Morgan fingerprint density at radius 1 is 0.867 bits per heavy atom. The van der Waals surface area contributed by atoms with Crippen LogP contribution in [0.4, 0.5) is 20.2 Å². The Hall–Kier alpha value is -2.96. The summed E-state index contributed by atoms with van der Waals surface area (Å²) in [6, 6.07) is 11.4. The molecule has 2 amide bonds. The second-order valence-corrected chi connectivity index (χ2v) is 7.51. The first kappa shape index (κ1) is 21.7. The van der Waals surface area contributed by atoms with Crippen molar-refractivity contribution >= 4 is 23.2 Å². The minimum atomic E-state index is -1.09. The van der Waals surface area contributed by atoms with E-state index in [2.05, 4.69) is 39.8 Å². The zero-order valence-corrected chi connectivity index (χ0v) is 16.9. The van der Waals surface area contributed by atoms with Crippen molar-refractivity contribution in [3.05, 3.63) is 59.7 Å². The van der Waals surface area contributed by atoms with E-state index in [-0.39, 0.29) is 5.69 Å². The van der Waals surface area contributed by atoms with Crippen LogP contribution in [0.5, 0.6) is 0 Å². The van der Waals surface area contributed by atoms with E-state index in [1.54, 1.807) is 0 Å². The smallest absolute Gasteiger partial charge is 0.313 e. The van der Waals surface area contributed by atoms with Crippen LogP contribution in [0.3, 0.4) is 0 Å². The first-order chi connectivity index (χ1) is 14.5. The van der Waals surface area contributed by atoms with Gasteiger partial charge >= 0.3 is 11.8 Å². The quantitative estimate of drug-likeness (QED) is 0.553. The highest BCUT2D eigenvalue weighted by atomic mass is 19.2.